The summed E-state index contributed by atoms with van der Waals surface area (Å²) in [5, 5.41) is 12.3. The summed E-state index contributed by atoms with van der Waals surface area (Å²) < 4.78 is 0.598. The number of nitrogens with zero attached hydrogens (tertiary/aromatic N) is 1. The number of amides is 1. The molecule has 2 aromatic rings. The van der Waals surface area contributed by atoms with Crippen molar-refractivity contribution in [3.8, 4) is 5.75 Å². The zero-order valence-electron chi connectivity index (χ0n) is 9.02. The summed E-state index contributed by atoms with van der Waals surface area (Å²) in [5.74, 6) is -0.459. The molecule has 2 rings (SSSR count). The van der Waals surface area contributed by atoms with Gasteiger partial charge in [0.05, 0.1) is 5.02 Å². The fourth-order valence-corrected chi connectivity index (χ4v) is 1.89. The molecule has 0 unspecified atom stereocenters. The van der Waals surface area contributed by atoms with Crippen LogP contribution in [-0.2, 0) is 0 Å². The summed E-state index contributed by atoms with van der Waals surface area (Å²) in [6.45, 7) is 0. The van der Waals surface area contributed by atoms with Crippen LogP contribution in [-0.4, -0.2) is 16.0 Å². The number of hydrogen-bond donors (Lipinski definition) is 2. The molecule has 2 N–H and O–H groups in total. The molecule has 1 amide bonds. The Morgan fingerprint density at radius 2 is 2.17 bits per heavy atom. The van der Waals surface area contributed by atoms with E-state index >= 15 is 0 Å². The first-order valence-electron chi connectivity index (χ1n) is 4.98. The summed E-state index contributed by atoms with van der Waals surface area (Å²) >= 11 is 8.92. The number of carbonyl (C=O) groups excluding carboxylic acids is 1. The normalized spacial score (nSPS) is 10.1. The number of carbonyl (C=O) groups is 1. The molecule has 0 radical (unpaired) electrons. The molecule has 1 aromatic heterocycles. The molecule has 0 aliphatic carbocycles. The van der Waals surface area contributed by atoms with Crippen molar-refractivity contribution in [3.63, 3.8) is 0 Å². The summed E-state index contributed by atoms with van der Waals surface area (Å²) in [6, 6.07) is 7.91. The van der Waals surface area contributed by atoms with Gasteiger partial charge in [-0.2, -0.15) is 0 Å². The molecule has 1 heterocycles. The summed E-state index contributed by atoms with van der Waals surface area (Å²) in [4.78, 5) is 15.9. The maximum Gasteiger partial charge on any atom is 0.275 e. The van der Waals surface area contributed by atoms with E-state index in [4.69, 9.17) is 11.6 Å². The van der Waals surface area contributed by atoms with Crippen molar-refractivity contribution in [3.05, 3.63) is 51.7 Å². The van der Waals surface area contributed by atoms with Crippen molar-refractivity contribution in [1.29, 1.82) is 0 Å². The molecule has 0 aliphatic rings. The van der Waals surface area contributed by atoms with Gasteiger partial charge < -0.3 is 10.4 Å². The highest BCUT2D eigenvalue weighted by Gasteiger charge is 2.11. The van der Waals surface area contributed by atoms with Crippen molar-refractivity contribution in [2.75, 3.05) is 5.32 Å². The van der Waals surface area contributed by atoms with Crippen LogP contribution in [0.1, 0.15) is 10.5 Å². The van der Waals surface area contributed by atoms with Crippen LogP contribution < -0.4 is 5.32 Å². The van der Waals surface area contributed by atoms with Crippen molar-refractivity contribution in [2.24, 2.45) is 0 Å². The van der Waals surface area contributed by atoms with Gasteiger partial charge in [0.25, 0.3) is 5.91 Å². The Morgan fingerprint density at radius 1 is 1.39 bits per heavy atom. The van der Waals surface area contributed by atoms with Gasteiger partial charge in [-0.3, -0.25) is 4.79 Å². The van der Waals surface area contributed by atoms with E-state index < -0.39 is 0 Å². The van der Waals surface area contributed by atoms with Crippen LogP contribution >= 0.6 is 27.5 Å². The van der Waals surface area contributed by atoms with Crippen LogP contribution in [0.5, 0.6) is 5.75 Å². The number of phenols is 1. The molecular weight excluding hydrogens is 320 g/mol. The van der Waals surface area contributed by atoms with E-state index in [0.717, 1.165) is 0 Å². The fraction of sp³-hybridized carbons (Fsp3) is 0. The van der Waals surface area contributed by atoms with Crippen LogP contribution in [0.2, 0.25) is 5.02 Å². The quantitative estimate of drug-likeness (QED) is 0.888. The molecule has 0 saturated carbocycles. The van der Waals surface area contributed by atoms with Gasteiger partial charge in [0.1, 0.15) is 11.4 Å². The number of hydrogen-bond acceptors (Lipinski definition) is 3. The van der Waals surface area contributed by atoms with Crippen LogP contribution in [0, 0.1) is 0 Å². The second kappa shape index (κ2) is 5.37. The van der Waals surface area contributed by atoms with E-state index in [0.29, 0.717) is 10.2 Å². The second-order valence-electron chi connectivity index (χ2n) is 3.45. The lowest BCUT2D eigenvalue weighted by atomic mass is 10.2. The zero-order chi connectivity index (χ0) is 13.1. The van der Waals surface area contributed by atoms with E-state index in [1.165, 1.54) is 18.3 Å². The Balaban J connectivity index is 2.22. The maximum absolute atomic E-state index is 11.9. The molecule has 0 fully saturated rings. The minimum Gasteiger partial charge on any atom is -0.506 e. The number of phenolic OH excluding ortho intramolecular Hbond substituents is 1. The van der Waals surface area contributed by atoms with Gasteiger partial charge >= 0.3 is 0 Å². The van der Waals surface area contributed by atoms with Gasteiger partial charge in [-0.15, -0.1) is 0 Å². The predicted octanol–water partition coefficient (Wildman–Crippen LogP) is 3.46. The zero-order valence-corrected chi connectivity index (χ0v) is 11.4. The first-order valence-corrected chi connectivity index (χ1v) is 6.15. The van der Waals surface area contributed by atoms with Crippen LogP contribution in [0.25, 0.3) is 0 Å². The van der Waals surface area contributed by atoms with Crippen LogP contribution in [0.4, 0.5) is 5.69 Å². The van der Waals surface area contributed by atoms with Crippen molar-refractivity contribution in [1.82, 2.24) is 4.98 Å². The average Bonchev–Trinajstić information content (AvgIpc) is 2.34. The maximum atomic E-state index is 11.9. The Labute approximate surface area is 117 Å². The molecule has 6 heteroatoms. The lowest BCUT2D eigenvalue weighted by Gasteiger charge is -2.06. The molecule has 92 valence electrons. The molecule has 0 aliphatic heterocycles. The lowest BCUT2D eigenvalue weighted by Crippen LogP contribution is -2.14. The molecule has 0 atom stereocenters. The summed E-state index contributed by atoms with van der Waals surface area (Å²) in [5.41, 5.74) is 0.714. The van der Waals surface area contributed by atoms with Crippen LogP contribution in [0.3, 0.4) is 0 Å². The molecular formula is C12H8BrClN2O2. The topological polar surface area (TPSA) is 62.2 Å². The number of halogens is 2. The molecule has 0 bridgehead atoms. The number of nitrogens with one attached hydrogen (secondary N) is 1. The number of anilines is 1. The number of benzene rings is 1. The standard InChI is InChI=1S/C12H8BrClN2O2/c13-8-2-1-5-15-11(8)12(18)16-7-3-4-9(14)10(17)6-7/h1-6,17H,(H,16,18). The largest absolute Gasteiger partial charge is 0.506 e. The SMILES string of the molecule is O=C(Nc1ccc(Cl)c(O)c1)c1ncccc1Br. The fourth-order valence-electron chi connectivity index (χ4n) is 1.33. The number of rotatable bonds is 2. The molecule has 18 heavy (non-hydrogen) atoms. The Morgan fingerprint density at radius 3 is 2.83 bits per heavy atom. The van der Waals surface area contributed by atoms with E-state index in [1.54, 1.807) is 18.2 Å². The van der Waals surface area contributed by atoms with E-state index in [2.05, 4.69) is 26.2 Å². The van der Waals surface area contributed by atoms with Gasteiger partial charge in [-0.25, -0.2) is 4.98 Å². The highest BCUT2D eigenvalue weighted by Crippen LogP contribution is 2.26. The number of aromatic nitrogens is 1. The van der Waals surface area contributed by atoms with Gasteiger partial charge in [-0.1, -0.05) is 11.6 Å². The third-order valence-corrected chi connectivity index (χ3v) is 3.14. The summed E-state index contributed by atoms with van der Waals surface area (Å²) in [6.07, 6.45) is 1.53. The number of aromatic hydroxyl groups is 1. The molecule has 1 aromatic carbocycles. The summed E-state index contributed by atoms with van der Waals surface area (Å²) in [7, 11) is 0. The van der Waals surface area contributed by atoms with Gasteiger partial charge in [-0.05, 0) is 40.2 Å². The van der Waals surface area contributed by atoms with Gasteiger partial charge in [0.2, 0.25) is 0 Å². The Hall–Kier alpha value is -1.59. The highest BCUT2D eigenvalue weighted by molar-refractivity contribution is 9.10. The van der Waals surface area contributed by atoms with Crippen molar-refractivity contribution < 1.29 is 9.90 Å². The van der Waals surface area contributed by atoms with Gasteiger partial charge in [0, 0.05) is 22.4 Å². The minimum atomic E-state index is -0.371. The minimum absolute atomic E-state index is 0.0884. The van der Waals surface area contributed by atoms with Crippen molar-refractivity contribution in [2.45, 2.75) is 0 Å². The van der Waals surface area contributed by atoms with Crippen LogP contribution in [0.15, 0.2) is 41.0 Å². The average molecular weight is 328 g/mol. The van der Waals surface area contributed by atoms with E-state index in [-0.39, 0.29) is 22.4 Å². The van der Waals surface area contributed by atoms with Crippen molar-refractivity contribution >= 4 is 39.1 Å². The first-order chi connectivity index (χ1) is 8.58. The lowest BCUT2D eigenvalue weighted by molar-refractivity contribution is 0.102. The number of pyridine rings is 1. The Kier molecular flexibility index (Phi) is 3.84. The van der Waals surface area contributed by atoms with Gasteiger partial charge in [0.15, 0.2) is 0 Å². The smallest absolute Gasteiger partial charge is 0.275 e. The molecule has 0 saturated heterocycles. The monoisotopic (exact) mass is 326 g/mol. The third-order valence-electron chi connectivity index (χ3n) is 2.18. The molecule has 4 nitrogen and oxygen atoms in total. The third kappa shape index (κ3) is 2.80. The predicted molar refractivity (Wildman–Crippen MR) is 73.0 cm³/mol. The van der Waals surface area contributed by atoms with E-state index in [1.807, 2.05) is 0 Å². The van der Waals surface area contributed by atoms with E-state index in [9.17, 15) is 9.90 Å². The Bertz CT molecular complexity index is 604. The molecule has 0 spiro atoms. The highest BCUT2D eigenvalue weighted by atomic mass is 79.9. The first kappa shape index (κ1) is 12.9. The second-order valence-corrected chi connectivity index (χ2v) is 4.72.